The van der Waals surface area contributed by atoms with E-state index in [0.29, 0.717) is 13.2 Å². The molecule has 0 bridgehead atoms. The van der Waals surface area contributed by atoms with Crippen molar-refractivity contribution >= 4 is 23.5 Å². The lowest BCUT2D eigenvalue weighted by Crippen LogP contribution is -2.73. The van der Waals surface area contributed by atoms with Crippen LogP contribution in [0.1, 0.15) is 5.56 Å². The first-order chi connectivity index (χ1) is 11.1. The number of fused-ring (bicyclic) bond motifs is 4. The van der Waals surface area contributed by atoms with Gasteiger partial charge in [0.25, 0.3) is 0 Å². The Morgan fingerprint density at radius 1 is 1.26 bits per heavy atom. The van der Waals surface area contributed by atoms with Crippen molar-refractivity contribution in [2.24, 2.45) is 5.41 Å². The molecule has 3 aliphatic heterocycles. The number of benzene rings is 1. The zero-order valence-electron chi connectivity index (χ0n) is 12.7. The number of hydrogen-bond acceptors (Lipinski definition) is 5. The number of morpholine rings is 1. The quantitative estimate of drug-likeness (QED) is 0.689. The smallest absolute Gasteiger partial charge is 0.330 e. The summed E-state index contributed by atoms with van der Waals surface area (Å²) in [5.41, 5.74) is 0.653. The molecule has 0 saturated carbocycles. The topological polar surface area (TPSA) is 79.0 Å². The van der Waals surface area contributed by atoms with Crippen molar-refractivity contribution in [3.63, 3.8) is 0 Å². The zero-order chi connectivity index (χ0) is 16.2. The van der Waals surface area contributed by atoms with Crippen LogP contribution in [0, 0.1) is 5.41 Å². The number of ether oxygens (including phenoxy) is 1. The van der Waals surface area contributed by atoms with Crippen molar-refractivity contribution in [1.82, 2.24) is 10.2 Å². The second kappa shape index (κ2) is 4.79. The number of carbonyl (C=O) groups is 3. The minimum atomic E-state index is -1.32. The number of rotatable bonds is 0. The number of amides is 4. The monoisotopic (exact) mass is 315 g/mol. The van der Waals surface area contributed by atoms with Gasteiger partial charge >= 0.3 is 6.03 Å². The van der Waals surface area contributed by atoms with Crippen LogP contribution < -0.4 is 10.2 Å². The van der Waals surface area contributed by atoms with E-state index in [1.165, 1.54) is 7.05 Å². The van der Waals surface area contributed by atoms with Crippen molar-refractivity contribution in [3.8, 4) is 0 Å². The first kappa shape index (κ1) is 14.2. The van der Waals surface area contributed by atoms with E-state index >= 15 is 0 Å². The minimum Gasteiger partial charge on any atom is -0.377 e. The molecule has 1 N–H and O–H groups in total. The number of urea groups is 1. The van der Waals surface area contributed by atoms with E-state index in [2.05, 4.69) is 10.2 Å². The number of nitrogens with zero attached hydrogens (tertiary/aromatic N) is 2. The molecule has 7 heteroatoms. The molecule has 3 aliphatic rings. The molecule has 2 fully saturated rings. The Morgan fingerprint density at radius 3 is 2.87 bits per heavy atom. The van der Waals surface area contributed by atoms with E-state index in [1.807, 2.05) is 24.3 Å². The van der Waals surface area contributed by atoms with Crippen LogP contribution in [-0.4, -0.2) is 55.6 Å². The molecule has 1 aromatic rings. The van der Waals surface area contributed by atoms with Gasteiger partial charge in [0.2, 0.25) is 11.8 Å². The molecule has 1 spiro atoms. The summed E-state index contributed by atoms with van der Waals surface area (Å²) >= 11 is 0. The molecule has 2 saturated heterocycles. The van der Waals surface area contributed by atoms with E-state index in [4.69, 9.17) is 4.74 Å². The third-order valence-corrected chi connectivity index (χ3v) is 5.08. The number of barbiturate groups is 1. The Labute approximate surface area is 133 Å². The van der Waals surface area contributed by atoms with Gasteiger partial charge in [0.1, 0.15) is 0 Å². The fourth-order valence-electron chi connectivity index (χ4n) is 3.89. The van der Waals surface area contributed by atoms with Gasteiger partial charge in [0.05, 0.1) is 19.3 Å². The largest absolute Gasteiger partial charge is 0.377 e. The summed E-state index contributed by atoms with van der Waals surface area (Å²) in [4.78, 5) is 40.5. The molecule has 4 rings (SSSR count). The molecule has 0 radical (unpaired) electrons. The van der Waals surface area contributed by atoms with Gasteiger partial charge in [-0.05, 0) is 18.1 Å². The molecule has 2 atom stereocenters. The second-order valence-electron chi connectivity index (χ2n) is 6.18. The van der Waals surface area contributed by atoms with Gasteiger partial charge in [0.15, 0.2) is 5.41 Å². The van der Waals surface area contributed by atoms with E-state index in [-0.39, 0.29) is 13.0 Å². The molecule has 0 unspecified atom stereocenters. The third kappa shape index (κ3) is 1.77. The van der Waals surface area contributed by atoms with Gasteiger partial charge in [-0.3, -0.25) is 19.8 Å². The Hall–Kier alpha value is -2.41. The highest BCUT2D eigenvalue weighted by atomic mass is 16.5. The standard InChI is InChI=1S/C16H17N3O4/c1-18-14(21)16(13(20)17-15(18)22)8-10-4-2-3-5-11(10)19-6-7-23-9-12(16)19/h2-5,12H,6-9H2,1H3,(H,17,20,22)/t12-,16+/m0/s1. The van der Waals surface area contributed by atoms with Crippen LogP contribution in [0.2, 0.25) is 0 Å². The zero-order valence-corrected chi connectivity index (χ0v) is 12.7. The minimum absolute atomic E-state index is 0.274. The second-order valence-corrected chi connectivity index (χ2v) is 6.18. The lowest BCUT2D eigenvalue weighted by atomic mass is 9.68. The van der Waals surface area contributed by atoms with Crippen molar-refractivity contribution in [1.29, 1.82) is 0 Å². The highest BCUT2D eigenvalue weighted by molar-refractivity contribution is 6.20. The maximum Gasteiger partial charge on any atom is 0.330 e. The average Bonchev–Trinajstić information content (AvgIpc) is 2.58. The molecule has 120 valence electrons. The van der Waals surface area contributed by atoms with Crippen molar-refractivity contribution in [2.45, 2.75) is 12.5 Å². The van der Waals surface area contributed by atoms with Gasteiger partial charge in [0, 0.05) is 19.3 Å². The number of hydrogen-bond donors (Lipinski definition) is 1. The van der Waals surface area contributed by atoms with Gasteiger partial charge in [-0.2, -0.15) is 0 Å². The molecule has 23 heavy (non-hydrogen) atoms. The number of anilines is 1. The lowest BCUT2D eigenvalue weighted by Gasteiger charge is -2.52. The summed E-state index contributed by atoms with van der Waals surface area (Å²) in [6, 6.07) is 6.69. The van der Waals surface area contributed by atoms with Gasteiger partial charge < -0.3 is 9.64 Å². The number of imide groups is 2. The Balaban J connectivity index is 1.89. The Bertz CT molecular complexity index is 719. The van der Waals surface area contributed by atoms with Gasteiger partial charge in [-0.25, -0.2) is 4.79 Å². The third-order valence-electron chi connectivity index (χ3n) is 5.08. The molecule has 7 nitrogen and oxygen atoms in total. The lowest BCUT2D eigenvalue weighted by molar-refractivity contribution is -0.155. The van der Waals surface area contributed by atoms with Crippen LogP contribution in [0.25, 0.3) is 0 Å². The normalized spacial score (nSPS) is 30.1. The maximum absolute atomic E-state index is 12.9. The van der Waals surface area contributed by atoms with Crippen LogP contribution in [0.3, 0.4) is 0 Å². The van der Waals surface area contributed by atoms with Gasteiger partial charge in [-0.1, -0.05) is 18.2 Å². The van der Waals surface area contributed by atoms with Crippen LogP contribution in [-0.2, 0) is 20.7 Å². The summed E-state index contributed by atoms with van der Waals surface area (Å²) in [5.74, 6) is -0.984. The SMILES string of the molecule is CN1C(=O)NC(=O)[C@]2(Cc3ccccc3N3CCOC[C@H]32)C1=O. The molecule has 4 amide bonds. The predicted octanol–water partition coefficient (Wildman–Crippen LogP) is 0.142. The summed E-state index contributed by atoms with van der Waals surface area (Å²) in [6.07, 6.45) is 0.274. The Kier molecular flexibility index (Phi) is 2.96. The average molecular weight is 315 g/mol. The molecule has 3 heterocycles. The fourth-order valence-corrected chi connectivity index (χ4v) is 3.89. The van der Waals surface area contributed by atoms with E-state index in [1.54, 1.807) is 0 Å². The molecular weight excluding hydrogens is 298 g/mol. The highest BCUT2D eigenvalue weighted by Crippen LogP contribution is 2.44. The number of carbonyl (C=O) groups excluding carboxylic acids is 3. The molecular formula is C16H17N3O4. The van der Waals surface area contributed by atoms with Gasteiger partial charge in [-0.15, -0.1) is 0 Å². The maximum atomic E-state index is 12.9. The first-order valence-electron chi connectivity index (χ1n) is 7.61. The Morgan fingerprint density at radius 2 is 2.04 bits per heavy atom. The van der Waals surface area contributed by atoms with Crippen molar-refractivity contribution in [2.75, 3.05) is 31.7 Å². The fraction of sp³-hybridized carbons (Fsp3) is 0.438. The van der Waals surface area contributed by atoms with Crippen LogP contribution in [0.5, 0.6) is 0 Å². The summed E-state index contributed by atoms with van der Waals surface area (Å²) in [5, 5.41) is 2.33. The molecule has 0 aromatic heterocycles. The van der Waals surface area contributed by atoms with E-state index in [0.717, 1.165) is 16.2 Å². The first-order valence-corrected chi connectivity index (χ1v) is 7.61. The summed E-state index contributed by atoms with van der Waals surface area (Å²) in [7, 11) is 1.40. The predicted molar refractivity (Wildman–Crippen MR) is 80.8 cm³/mol. The molecule has 1 aromatic carbocycles. The number of para-hydroxylation sites is 1. The summed E-state index contributed by atoms with van der Waals surface area (Å²) in [6.45, 7) is 1.45. The van der Waals surface area contributed by atoms with E-state index < -0.39 is 29.3 Å². The van der Waals surface area contributed by atoms with Crippen molar-refractivity contribution < 1.29 is 19.1 Å². The van der Waals surface area contributed by atoms with Crippen molar-refractivity contribution in [3.05, 3.63) is 29.8 Å². The van der Waals surface area contributed by atoms with E-state index in [9.17, 15) is 14.4 Å². The summed E-state index contributed by atoms with van der Waals surface area (Å²) < 4.78 is 5.56. The van der Waals surface area contributed by atoms with Crippen LogP contribution in [0.4, 0.5) is 10.5 Å². The number of nitrogens with one attached hydrogen (secondary N) is 1. The van der Waals surface area contributed by atoms with Crippen LogP contribution in [0.15, 0.2) is 24.3 Å². The molecule has 0 aliphatic carbocycles. The highest BCUT2D eigenvalue weighted by Gasteiger charge is 2.61. The van der Waals surface area contributed by atoms with Crippen LogP contribution >= 0.6 is 0 Å².